The molecule has 0 unspecified atom stereocenters. The molecule has 0 bridgehead atoms. The summed E-state index contributed by atoms with van der Waals surface area (Å²) in [6, 6.07) is 8.91. The lowest BCUT2D eigenvalue weighted by atomic mass is 9.92. The molecule has 3 nitrogen and oxygen atoms in total. The van der Waals surface area contributed by atoms with Crippen LogP contribution in [0.4, 0.5) is 28.9 Å². The van der Waals surface area contributed by atoms with Crippen LogP contribution in [0.2, 0.25) is 0 Å². The average Bonchev–Trinajstić information content (AvgIpc) is 2.52. The van der Waals surface area contributed by atoms with Crippen LogP contribution in [0.25, 0.3) is 0 Å². The van der Waals surface area contributed by atoms with E-state index >= 15 is 0 Å². The molecule has 0 aliphatic heterocycles. The molecular weight excluding hydrogens is 360 g/mol. The minimum absolute atomic E-state index is 0.171. The number of halogens is 4. The van der Waals surface area contributed by atoms with Gasteiger partial charge in [-0.25, -0.2) is 4.39 Å². The zero-order valence-electron chi connectivity index (χ0n) is 15.4. The number of rotatable bonds is 5. The number of amides is 1. The van der Waals surface area contributed by atoms with Crippen LogP contribution < -0.4 is 10.6 Å². The Morgan fingerprint density at radius 2 is 1.63 bits per heavy atom. The predicted octanol–water partition coefficient (Wildman–Crippen LogP) is 5.83. The van der Waals surface area contributed by atoms with Gasteiger partial charge < -0.3 is 10.6 Å². The molecule has 0 atom stereocenters. The number of hydrogen-bond acceptors (Lipinski definition) is 2. The lowest BCUT2D eigenvalue weighted by Gasteiger charge is -2.17. The molecule has 0 radical (unpaired) electrons. The van der Waals surface area contributed by atoms with Gasteiger partial charge >= 0.3 is 6.18 Å². The van der Waals surface area contributed by atoms with Crippen LogP contribution in [0.15, 0.2) is 42.5 Å². The summed E-state index contributed by atoms with van der Waals surface area (Å²) in [5.41, 5.74) is 0.231. The fourth-order valence-corrected chi connectivity index (χ4v) is 2.43. The first-order valence-corrected chi connectivity index (χ1v) is 8.43. The van der Waals surface area contributed by atoms with Gasteiger partial charge in [0.15, 0.2) is 0 Å². The Balaban J connectivity index is 1.97. The first kappa shape index (κ1) is 20.7. The summed E-state index contributed by atoms with van der Waals surface area (Å²) in [4.78, 5) is 11.9. The second-order valence-corrected chi connectivity index (χ2v) is 7.53. The summed E-state index contributed by atoms with van der Waals surface area (Å²) in [6.45, 7) is 5.97. The number of nitrogens with one attached hydrogen (secondary N) is 2. The third-order valence-corrected chi connectivity index (χ3v) is 3.71. The van der Waals surface area contributed by atoms with Crippen LogP contribution in [0.1, 0.15) is 38.3 Å². The molecule has 0 aromatic heterocycles. The smallest absolute Gasteiger partial charge is 0.379 e. The van der Waals surface area contributed by atoms with Gasteiger partial charge in [-0.3, -0.25) is 4.79 Å². The van der Waals surface area contributed by atoms with Crippen molar-refractivity contribution in [1.82, 2.24) is 0 Å². The number of carbonyl (C=O) groups is 1. The van der Waals surface area contributed by atoms with Gasteiger partial charge in [0.2, 0.25) is 5.91 Å². The molecule has 0 fully saturated rings. The molecule has 2 aromatic rings. The number of anilines is 2. The number of benzene rings is 2. The van der Waals surface area contributed by atoms with Crippen LogP contribution in [0.5, 0.6) is 0 Å². The largest absolute Gasteiger partial charge is 0.416 e. The van der Waals surface area contributed by atoms with Gasteiger partial charge in [0, 0.05) is 18.7 Å². The highest BCUT2D eigenvalue weighted by Gasteiger charge is 2.29. The molecule has 0 aliphatic carbocycles. The van der Waals surface area contributed by atoms with Gasteiger partial charge in [0.1, 0.15) is 5.82 Å². The zero-order valence-corrected chi connectivity index (χ0v) is 15.4. The van der Waals surface area contributed by atoms with E-state index in [0.29, 0.717) is 17.7 Å². The molecule has 7 heteroatoms. The van der Waals surface area contributed by atoms with Crippen LogP contribution in [0.3, 0.4) is 0 Å². The maximum Gasteiger partial charge on any atom is 0.416 e. The van der Waals surface area contributed by atoms with Crippen molar-refractivity contribution in [2.45, 2.75) is 39.9 Å². The molecule has 146 valence electrons. The normalized spacial score (nSPS) is 12.0. The Kier molecular flexibility index (Phi) is 6.13. The van der Waals surface area contributed by atoms with Crippen molar-refractivity contribution in [2.24, 2.45) is 5.41 Å². The summed E-state index contributed by atoms with van der Waals surface area (Å²) in [7, 11) is 0. The van der Waals surface area contributed by atoms with Crippen LogP contribution in [-0.2, 0) is 17.5 Å². The highest BCUT2D eigenvalue weighted by Crippen LogP contribution is 2.29. The lowest BCUT2D eigenvalue weighted by molar-refractivity contribution is -0.137. The van der Waals surface area contributed by atoms with E-state index in [1.54, 1.807) is 6.07 Å². The Hall–Kier alpha value is -2.57. The molecule has 0 saturated heterocycles. The summed E-state index contributed by atoms with van der Waals surface area (Å²) in [5.74, 6) is -0.761. The number of hydrogen-bond donors (Lipinski definition) is 2. The highest BCUT2D eigenvalue weighted by atomic mass is 19.4. The first-order valence-electron chi connectivity index (χ1n) is 8.43. The maximum atomic E-state index is 14.2. The number of carbonyl (C=O) groups excluding carboxylic acids is 1. The van der Waals surface area contributed by atoms with E-state index in [9.17, 15) is 22.4 Å². The lowest BCUT2D eigenvalue weighted by Crippen LogP contribution is -2.19. The minimum Gasteiger partial charge on any atom is -0.379 e. The first-order chi connectivity index (χ1) is 12.4. The van der Waals surface area contributed by atoms with Gasteiger partial charge in [-0.1, -0.05) is 32.9 Å². The standard InChI is InChI=1S/C20H22F4N2O/c1-19(2,3)11-18(27)26-15-8-9-17(16(21)10-15)25-12-13-4-6-14(7-5-13)20(22,23)24/h4-10,25H,11-12H2,1-3H3,(H,26,27). The molecular formula is C20H22F4N2O. The van der Waals surface area contributed by atoms with E-state index < -0.39 is 17.6 Å². The third kappa shape index (κ3) is 6.58. The summed E-state index contributed by atoms with van der Waals surface area (Å²) < 4.78 is 51.8. The Morgan fingerprint density at radius 1 is 1.00 bits per heavy atom. The molecule has 1 amide bonds. The summed E-state index contributed by atoms with van der Waals surface area (Å²) in [6.07, 6.45) is -4.08. The van der Waals surface area contributed by atoms with Gasteiger partial charge in [-0.15, -0.1) is 0 Å². The van der Waals surface area contributed by atoms with E-state index in [4.69, 9.17) is 0 Å². The van der Waals surface area contributed by atoms with E-state index in [1.165, 1.54) is 24.3 Å². The van der Waals surface area contributed by atoms with Crippen LogP contribution in [-0.4, -0.2) is 5.91 Å². The van der Waals surface area contributed by atoms with E-state index in [2.05, 4.69) is 10.6 Å². The highest BCUT2D eigenvalue weighted by molar-refractivity contribution is 5.91. The van der Waals surface area contributed by atoms with Gasteiger partial charge in [0.25, 0.3) is 0 Å². The zero-order chi connectivity index (χ0) is 20.2. The van der Waals surface area contributed by atoms with E-state index in [-0.39, 0.29) is 23.6 Å². The second-order valence-electron chi connectivity index (χ2n) is 7.53. The topological polar surface area (TPSA) is 41.1 Å². The van der Waals surface area contributed by atoms with Gasteiger partial charge in [-0.05, 0) is 41.3 Å². The molecule has 0 spiro atoms. The van der Waals surface area contributed by atoms with Crippen LogP contribution >= 0.6 is 0 Å². The predicted molar refractivity (Wildman–Crippen MR) is 97.9 cm³/mol. The molecule has 2 aromatic carbocycles. The van der Waals surface area contributed by atoms with Crippen molar-refractivity contribution in [3.05, 3.63) is 59.4 Å². The SMILES string of the molecule is CC(C)(C)CC(=O)Nc1ccc(NCc2ccc(C(F)(F)F)cc2)c(F)c1. The molecule has 27 heavy (non-hydrogen) atoms. The van der Waals surface area contributed by atoms with Crippen LogP contribution in [0, 0.1) is 11.2 Å². The summed E-state index contributed by atoms with van der Waals surface area (Å²) >= 11 is 0. The molecule has 0 heterocycles. The average molecular weight is 382 g/mol. The van der Waals surface area contributed by atoms with Crippen molar-refractivity contribution < 1.29 is 22.4 Å². The number of alkyl halides is 3. The monoisotopic (exact) mass is 382 g/mol. The molecule has 2 N–H and O–H groups in total. The Labute approximate surface area is 155 Å². The van der Waals surface area contributed by atoms with Crippen molar-refractivity contribution in [3.8, 4) is 0 Å². The van der Waals surface area contributed by atoms with Crippen molar-refractivity contribution in [2.75, 3.05) is 10.6 Å². The third-order valence-electron chi connectivity index (χ3n) is 3.71. The molecule has 0 aliphatic rings. The van der Waals surface area contributed by atoms with Gasteiger partial charge in [-0.2, -0.15) is 13.2 Å². The van der Waals surface area contributed by atoms with Crippen molar-refractivity contribution in [3.63, 3.8) is 0 Å². The summed E-state index contributed by atoms with van der Waals surface area (Å²) in [5, 5.41) is 5.48. The Bertz CT molecular complexity index is 793. The molecule has 2 rings (SSSR count). The fourth-order valence-electron chi connectivity index (χ4n) is 2.43. The van der Waals surface area contributed by atoms with Crippen molar-refractivity contribution in [1.29, 1.82) is 0 Å². The maximum absolute atomic E-state index is 14.2. The van der Waals surface area contributed by atoms with E-state index in [1.807, 2.05) is 20.8 Å². The van der Waals surface area contributed by atoms with Gasteiger partial charge in [0.05, 0.1) is 11.3 Å². The quantitative estimate of drug-likeness (QED) is 0.639. The minimum atomic E-state index is -4.38. The molecule has 0 saturated carbocycles. The Morgan fingerprint density at radius 3 is 2.15 bits per heavy atom. The fraction of sp³-hybridized carbons (Fsp3) is 0.350. The van der Waals surface area contributed by atoms with Crippen molar-refractivity contribution >= 4 is 17.3 Å². The van der Waals surface area contributed by atoms with E-state index in [0.717, 1.165) is 12.1 Å². The second kappa shape index (κ2) is 7.98.